The molecule has 0 aliphatic carbocycles. The Hall–Kier alpha value is -1.95. The summed E-state index contributed by atoms with van der Waals surface area (Å²) in [6.07, 6.45) is 1.63. The molecular weight excluding hydrogens is 278 g/mol. The van der Waals surface area contributed by atoms with Gasteiger partial charge in [0, 0.05) is 6.54 Å². The smallest absolute Gasteiger partial charge is 0.293 e. The normalized spacial score (nSPS) is 17.1. The minimum absolute atomic E-state index is 0.0469. The lowest BCUT2D eigenvalue weighted by molar-refractivity contribution is -0.122. The van der Waals surface area contributed by atoms with Gasteiger partial charge in [0.15, 0.2) is 11.5 Å². The van der Waals surface area contributed by atoms with Crippen molar-refractivity contribution in [2.24, 2.45) is 0 Å². The summed E-state index contributed by atoms with van der Waals surface area (Å²) in [6, 6.07) is 4.80. The van der Waals surface area contributed by atoms with Crippen LogP contribution in [0.2, 0.25) is 0 Å². The van der Waals surface area contributed by atoms with Gasteiger partial charge in [-0.3, -0.25) is 14.5 Å². The van der Waals surface area contributed by atoms with Crippen LogP contribution >= 0.6 is 11.8 Å². The van der Waals surface area contributed by atoms with Crippen molar-refractivity contribution in [1.29, 1.82) is 0 Å². The second-order valence-corrected chi connectivity index (χ2v) is 5.08. The van der Waals surface area contributed by atoms with Gasteiger partial charge in [0.2, 0.25) is 0 Å². The summed E-state index contributed by atoms with van der Waals surface area (Å²) in [5.41, 5.74) is 0.702. The molecule has 2 amide bonds. The van der Waals surface area contributed by atoms with Gasteiger partial charge in [0.1, 0.15) is 0 Å². The van der Waals surface area contributed by atoms with Gasteiger partial charge < -0.3 is 9.84 Å². The van der Waals surface area contributed by atoms with Gasteiger partial charge in [-0.05, 0) is 49.4 Å². The average Bonchev–Trinajstić information content (AvgIpc) is 2.68. The highest BCUT2D eigenvalue weighted by molar-refractivity contribution is 8.18. The van der Waals surface area contributed by atoms with E-state index >= 15 is 0 Å². The van der Waals surface area contributed by atoms with Crippen LogP contribution in [0.15, 0.2) is 23.1 Å². The van der Waals surface area contributed by atoms with Crippen molar-refractivity contribution in [2.75, 3.05) is 13.2 Å². The molecule has 0 spiro atoms. The standard InChI is InChI=1S/C14H15NO4S/c1-3-15-13(17)12(20-14(15)18)8-9-5-6-10(16)11(7-9)19-4-2/h5-8,16H,3-4H2,1-2H3. The third kappa shape index (κ3) is 2.80. The van der Waals surface area contributed by atoms with E-state index in [2.05, 4.69) is 0 Å². The van der Waals surface area contributed by atoms with Gasteiger partial charge in [-0.1, -0.05) is 6.07 Å². The molecule has 6 heteroatoms. The van der Waals surface area contributed by atoms with Crippen molar-refractivity contribution in [3.05, 3.63) is 28.7 Å². The molecule has 0 unspecified atom stereocenters. The lowest BCUT2D eigenvalue weighted by Gasteiger charge is -2.07. The first kappa shape index (κ1) is 14.5. The molecule has 1 aromatic carbocycles. The fourth-order valence-electron chi connectivity index (χ4n) is 1.82. The number of imide groups is 1. The zero-order valence-corrected chi connectivity index (χ0v) is 12.1. The van der Waals surface area contributed by atoms with Gasteiger partial charge >= 0.3 is 0 Å². The number of carbonyl (C=O) groups excluding carboxylic acids is 2. The third-order valence-corrected chi connectivity index (χ3v) is 3.68. The molecule has 0 radical (unpaired) electrons. The number of ether oxygens (including phenoxy) is 1. The fraction of sp³-hybridized carbons (Fsp3) is 0.286. The molecule has 1 aliphatic rings. The Morgan fingerprint density at radius 2 is 2.10 bits per heavy atom. The van der Waals surface area contributed by atoms with Crippen LogP contribution in [0.1, 0.15) is 19.4 Å². The molecule has 1 N–H and O–H groups in total. The van der Waals surface area contributed by atoms with Crippen molar-refractivity contribution in [2.45, 2.75) is 13.8 Å². The Morgan fingerprint density at radius 3 is 2.70 bits per heavy atom. The fourth-order valence-corrected chi connectivity index (χ4v) is 2.72. The van der Waals surface area contributed by atoms with E-state index in [1.165, 1.54) is 11.0 Å². The first-order valence-corrected chi connectivity index (χ1v) is 7.09. The van der Waals surface area contributed by atoms with Crippen LogP contribution in [0.4, 0.5) is 4.79 Å². The molecule has 1 saturated heterocycles. The molecule has 1 aromatic rings. The molecule has 1 aliphatic heterocycles. The molecule has 1 fully saturated rings. The van der Waals surface area contributed by atoms with Gasteiger partial charge in [0.05, 0.1) is 11.5 Å². The van der Waals surface area contributed by atoms with Crippen LogP contribution in [0.3, 0.4) is 0 Å². The maximum absolute atomic E-state index is 12.0. The van der Waals surface area contributed by atoms with Crippen LogP contribution in [0.5, 0.6) is 11.5 Å². The summed E-state index contributed by atoms with van der Waals surface area (Å²) in [5, 5.41) is 9.36. The van der Waals surface area contributed by atoms with Crippen LogP contribution in [0.25, 0.3) is 6.08 Å². The monoisotopic (exact) mass is 293 g/mol. The summed E-state index contributed by atoms with van der Waals surface area (Å²) >= 11 is 0.920. The van der Waals surface area contributed by atoms with E-state index in [9.17, 15) is 14.7 Å². The number of likely N-dealkylation sites (N-methyl/N-ethyl adjacent to an activating group) is 1. The highest BCUT2D eigenvalue weighted by Gasteiger charge is 2.33. The first-order chi connectivity index (χ1) is 9.56. The second kappa shape index (κ2) is 6.00. The highest BCUT2D eigenvalue weighted by atomic mass is 32.2. The van der Waals surface area contributed by atoms with E-state index in [4.69, 9.17) is 4.74 Å². The Labute approximate surface area is 121 Å². The Balaban J connectivity index is 2.30. The summed E-state index contributed by atoms with van der Waals surface area (Å²) in [4.78, 5) is 25.1. The highest BCUT2D eigenvalue weighted by Crippen LogP contribution is 2.33. The predicted molar refractivity (Wildman–Crippen MR) is 77.6 cm³/mol. The van der Waals surface area contributed by atoms with Crippen molar-refractivity contribution >= 4 is 29.0 Å². The van der Waals surface area contributed by atoms with E-state index < -0.39 is 0 Å². The molecule has 2 rings (SSSR count). The van der Waals surface area contributed by atoms with Crippen LogP contribution in [0, 0.1) is 0 Å². The third-order valence-electron chi connectivity index (χ3n) is 2.77. The summed E-state index contributed by atoms with van der Waals surface area (Å²) in [7, 11) is 0. The number of phenolic OH excluding ortho intramolecular Hbond substituents is 1. The summed E-state index contributed by atoms with van der Waals surface area (Å²) in [6.45, 7) is 4.37. The molecule has 106 valence electrons. The minimum atomic E-state index is -0.284. The predicted octanol–water partition coefficient (Wildman–Crippen LogP) is 2.85. The van der Waals surface area contributed by atoms with E-state index in [1.807, 2.05) is 6.92 Å². The molecular formula is C14H15NO4S. The lowest BCUT2D eigenvalue weighted by Crippen LogP contribution is -2.27. The molecule has 0 saturated carbocycles. The molecule has 0 aromatic heterocycles. The summed E-state index contributed by atoms with van der Waals surface area (Å²) < 4.78 is 5.28. The van der Waals surface area contributed by atoms with Crippen LogP contribution in [-0.2, 0) is 4.79 Å². The van der Waals surface area contributed by atoms with E-state index in [-0.39, 0.29) is 16.9 Å². The number of rotatable bonds is 4. The lowest BCUT2D eigenvalue weighted by atomic mass is 10.2. The topological polar surface area (TPSA) is 66.8 Å². The molecule has 0 atom stereocenters. The summed E-state index contributed by atoms with van der Waals surface area (Å²) in [5.74, 6) is 0.121. The number of carbonyl (C=O) groups is 2. The van der Waals surface area contributed by atoms with Gasteiger partial charge in [-0.15, -0.1) is 0 Å². The number of hydrogen-bond donors (Lipinski definition) is 1. The zero-order chi connectivity index (χ0) is 14.7. The Morgan fingerprint density at radius 1 is 1.35 bits per heavy atom. The number of hydrogen-bond acceptors (Lipinski definition) is 5. The van der Waals surface area contributed by atoms with Crippen molar-refractivity contribution in [3.8, 4) is 11.5 Å². The van der Waals surface area contributed by atoms with Gasteiger partial charge in [0.25, 0.3) is 11.1 Å². The van der Waals surface area contributed by atoms with E-state index in [0.717, 1.165) is 11.8 Å². The average molecular weight is 293 g/mol. The molecule has 20 heavy (non-hydrogen) atoms. The van der Waals surface area contributed by atoms with Gasteiger partial charge in [-0.2, -0.15) is 0 Å². The van der Waals surface area contributed by atoms with Crippen LogP contribution in [-0.4, -0.2) is 34.3 Å². The van der Waals surface area contributed by atoms with E-state index in [1.54, 1.807) is 25.1 Å². The number of aromatic hydroxyl groups is 1. The van der Waals surface area contributed by atoms with Gasteiger partial charge in [-0.25, -0.2) is 0 Å². The zero-order valence-electron chi connectivity index (χ0n) is 11.3. The Kier molecular flexibility index (Phi) is 4.34. The largest absolute Gasteiger partial charge is 0.504 e. The number of amides is 2. The van der Waals surface area contributed by atoms with Crippen molar-refractivity contribution in [1.82, 2.24) is 4.90 Å². The molecule has 0 bridgehead atoms. The minimum Gasteiger partial charge on any atom is -0.504 e. The number of thioether (sulfide) groups is 1. The SMILES string of the molecule is CCOc1cc(C=C2SC(=O)N(CC)C2=O)ccc1O. The van der Waals surface area contributed by atoms with Crippen molar-refractivity contribution in [3.63, 3.8) is 0 Å². The number of phenols is 1. The number of benzene rings is 1. The maximum Gasteiger partial charge on any atom is 0.293 e. The first-order valence-electron chi connectivity index (χ1n) is 6.28. The Bertz CT molecular complexity index is 583. The molecule has 5 nitrogen and oxygen atoms in total. The van der Waals surface area contributed by atoms with Crippen LogP contribution < -0.4 is 4.74 Å². The second-order valence-electron chi connectivity index (χ2n) is 4.09. The van der Waals surface area contributed by atoms with E-state index in [0.29, 0.717) is 29.4 Å². The quantitative estimate of drug-likeness (QED) is 0.865. The number of nitrogens with zero attached hydrogens (tertiary/aromatic N) is 1. The van der Waals surface area contributed by atoms with Crippen molar-refractivity contribution < 1.29 is 19.4 Å². The molecule has 1 heterocycles. The maximum atomic E-state index is 12.0.